The zero-order chi connectivity index (χ0) is 18.2. The van der Waals surface area contributed by atoms with Crippen molar-refractivity contribution in [1.82, 2.24) is 4.98 Å². The minimum atomic E-state index is -0.526. The van der Waals surface area contributed by atoms with Crippen LogP contribution in [-0.4, -0.2) is 29.5 Å². The van der Waals surface area contributed by atoms with Gasteiger partial charge in [-0.3, -0.25) is 14.9 Å². The standard InChI is InChI=1S/C17H19N3O5/c1-12-10-13(20(22)23)11-18-17(12)19-16(21)4-3-9-25-15-7-5-14(24-2)6-8-15/h5-8,10-11H,3-4,9H2,1-2H3,(H,18,19,21). The molecule has 8 nitrogen and oxygen atoms in total. The maximum absolute atomic E-state index is 11.9. The molecule has 0 aliphatic heterocycles. The molecule has 0 saturated carbocycles. The number of methoxy groups -OCH3 is 1. The van der Waals surface area contributed by atoms with Gasteiger partial charge in [0.25, 0.3) is 5.69 Å². The molecule has 1 amide bonds. The van der Waals surface area contributed by atoms with Crippen molar-refractivity contribution in [3.8, 4) is 11.5 Å². The number of carbonyl (C=O) groups excluding carboxylic acids is 1. The third-order valence-corrected chi connectivity index (χ3v) is 3.41. The average Bonchev–Trinajstić information content (AvgIpc) is 2.61. The van der Waals surface area contributed by atoms with Gasteiger partial charge in [-0.25, -0.2) is 4.98 Å². The Morgan fingerprint density at radius 1 is 1.28 bits per heavy atom. The van der Waals surface area contributed by atoms with E-state index in [0.29, 0.717) is 30.2 Å². The zero-order valence-corrected chi connectivity index (χ0v) is 14.0. The average molecular weight is 345 g/mol. The second-order valence-electron chi connectivity index (χ2n) is 5.29. The highest BCUT2D eigenvalue weighted by atomic mass is 16.6. The molecule has 0 atom stereocenters. The SMILES string of the molecule is COc1ccc(OCCCC(=O)Nc2ncc([N+](=O)[O-])cc2C)cc1. The number of hydrogen-bond donors (Lipinski definition) is 1. The molecule has 132 valence electrons. The predicted octanol–water partition coefficient (Wildman–Crippen LogP) is 3.10. The monoisotopic (exact) mass is 345 g/mol. The van der Waals surface area contributed by atoms with Gasteiger partial charge in [-0.15, -0.1) is 0 Å². The number of pyridine rings is 1. The number of nitro groups is 1. The molecule has 1 N–H and O–H groups in total. The summed E-state index contributed by atoms with van der Waals surface area (Å²) in [5, 5.41) is 13.3. The maximum atomic E-state index is 11.9. The smallest absolute Gasteiger partial charge is 0.287 e. The Morgan fingerprint density at radius 3 is 2.56 bits per heavy atom. The highest BCUT2D eigenvalue weighted by molar-refractivity contribution is 5.90. The normalized spacial score (nSPS) is 10.2. The van der Waals surface area contributed by atoms with Gasteiger partial charge in [0.2, 0.25) is 5.91 Å². The van der Waals surface area contributed by atoms with Gasteiger partial charge < -0.3 is 14.8 Å². The minimum Gasteiger partial charge on any atom is -0.497 e. The fourth-order valence-corrected chi connectivity index (χ4v) is 2.08. The molecule has 1 heterocycles. The summed E-state index contributed by atoms with van der Waals surface area (Å²) in [7, 11) is 1.59. The number of aromatic nitrogens is 1. The molecule has 2 aromatic rings. The van der Waals surface area contributed by atoms with Gasteiger partial charge >= 0.3 is 0 Å². The quantitative estimate of drug-likeness (QED) is 0.448. The molecule has 0 radical (unpaired) electrons. The van der Waals surface area contributed by atoms with Crippen LogP contribution in [0.25, 0.3) is 0 Å². The third kappa shape index (κ3) is 5.45. The van der Waals surface area contributed by atoms with Crippen molar-refractivity contribution < 1.29 is 19.2 Å². The summed E-state index contributed by atoms with van der Waals surface area (Å²) in [4.78, 5) is 26.0. The van der Waals surface area contributed by atoms with E-state index in [4.69, 9.17) is 9.47 Å². The van der Waals surface area contributed by atoms with E-state index in [9.17, 15) is 14.9 Å². The predicted molar refractivity (Wildman–Crippen MR) is 92.0 cm³/mol. The molecular formula is C17H19N3O5. The summed E-state index contributed by atoms with van der Waals surface area (Å²) in [5.74, 6) is 1.56. The van der Waals surface area contributed by atoms with Crippen LogP contribution in [-0.2, 0) is 4.79 Å². The van der Waals surface area contributed by atoms with Crippen LogP contribution in [0, 0.1) is 17.0 Å². The van der Waals surface area contributed by atoms with Gasteiger partial charge in [0.15, 0.2) is 0 Å². The molecule has 0 fully saturated rings. The number of benzene rings is 1. The van der Waals surface area contributed by atoms with Gasteiger partial charge in [0.05, 0.1) is 18.6 Å². The first-order chi connectivity index (χ1) is 12.0. The Bertz CT molecular complexity index is 746. The lowest BCUT2D eigenvalue weighted by atomic mass is 10.2. The maximum Gasteiger partial charge on any atom is 0.287 e. The van der Waals surface area contributed by atoms with E-state index in [1.807, 2.05) is 0 Å². The van der Waals surface area contributed by atoms with E-state index in [0.717, 1.165) is 11.9 Å². The number of ether oxygens (including phenoxy) is 2. The highest BCUT2D eigenvalue weighted by Gasteiger charge is 2.11. The first-order valence-corrected chi connectivity index (χ1v) is 7.67. The van der Waals surface area contributed by atoms with Crippen LogP contribution in [0.15, 0.2) is 36.5 Å². The molecule has 0 spiro atoms. The Morgan fingerprint density at radius 2 is 1.96 bits per heavy atom. The Labute approximate surface area is 144 Å². The number of anilines is 1. The van der Waals surface area contributed by atoms with Crippen LogP contribution in [0.3, 0.4) is 0 Å². The molecule has 1 aromatic heterocycles. The molecule has 0 unspecified atom stereocenters. The number of rotatable bonds is 8. The third-order valence-electron chi connectivity index (χ3n) is 3.41. The van der Waals surface area contributed by atoms with Gasteiger partial charge in [-0.1, -0.05) is 0 Å². The second-order valence-corrected chi connectivity index (χ2v) is 5.29. The molecule has 0 bridgehead atoms. The number of nitrogens with one attached hydrogen (secondary N) is 1. The van der Waals surface area contributed by atoms with Crippen LogP contribution in [0.4, 0.5) is 11.5 Å². The lowest BCUT2D eigenvalue weighted by molar-refractivity contribution is -0.385. The van der Waals surface area contributed by atoms with Gasteiger partial charge in [-0.05, 0) is 43.2 Å². The van der Waals surface area contributed by atoms with Crippen molar-refractivity contribution in [3.05, 3.63) is 52.2 Å². The van der Waals surface area contributed by atoms with E-state index < -0.39 is 4.92 Å². The second kappa shape index (κ2) is 8.62. The molecule has 25 heavy (non-hydrogen) atoms. The summed E-state index contributed by atoms with van der Waals surface area (Å²) in [6.07, 6.45) is 1.91. The van der Waals surface area contributed by atoms with Crippen LogP contribution >= 0.6 is 0 Å². The summed E-state index contributed by atoms with van der Waals surface area (Å²) >= 11 is 0. The fourth-order valence-electron chi connectivity index (χ4n) is 2.08. The van der Waals surface area contributed by atoms with Crippen molar-refractivity contribution in [2.45, 2.75) is 19.8 Å². The number of nitrogens with zero attached hydrogens (tertiary/aromatic N) is 2. The largest absolute Gasteiger partial charge is 0.497 e. The molecule has 2 rings (SSSR count). The van der Waals surface area contributed by atoms with E-state index in [2.05, 4.69) is 10.3 Å². The minimum absolute atomic E-state index is 0.108. The van der Waals surface area contributed by atoms with Gasteiger partial charge in [0.1, 0.15) is 23.5 Å². The summed E-state index contributed by atoms with van der Waals surface area (Å²) < 4.78 is 10.6. The number of aryl methyl sites for hydroxylation is 1. The van der Waals surface area contributed by atoms with E-state index >= 15 is 0 Å². The van der Waals surface area contributed by atoms with Gasteiger partial charge in [-0.2, -0.15) is 0 Å². The Kier molecular flexibility index (Phi) is 6.27. The van der Waals surface area contributed by atoms with Crippen molar-refractivity contribution in [3.63, 3.8) is 0 Å². The Balaban J connectivity index is 1.76. The number of carbonyl (C=O) groups is 1. The van der Waals surface area contributed by atoms with Crippen molar-refractivity contribution in [1.29, 1.82) is 0 Å². The first-order valence-electron chi connectivity index (χ1n) is 7.67. The molecule has 0 aliphatic carbocycles. The van der Waals surface area contributed by atoms with Crippen LogP contribution in [0.2, 0.25) is 0 Å². The molecule has 8 heteroatoms. The summed E-state index contributed by atoms with van der Waals surface area (Å²) in [6, 6.07) is 8.55. The van der Waals surface area contributed by atoms with Crippen molar-refractivity contribution in [2.24, 2.45) is 0 Å². The first kappa shape index (κ1) is 18.2. The van der Waals surface area contributed by atoms with E-state index in [-0.39, 0.29) is 18.0 Å². The number of amides is 1. The number of hydrogen-bond acceptors (Lipinski definition) is 6. The molecule has 0 aliphatic rings. The topological polar surface area (TPSA) is 104 Å². The highest BCUT2D eigenvalue weighted by Crippen LogP contribution is 2.19. The summed E-state index contributed by atoms with van der Waals surface area (Å²) in [5.41, 5.74) is 0.431. The van der Waals surface area contributed by atoms with Crippen molar-refractivity contribution in [2.75, 3.05) is 19.0 Å². The summed E-state index contributed by atoms with van der Waals surface area (Å²) in [6.45, 7) is 2.05. The van der Waals surface area contributed by atoms with Crippen LogP contribution < -0.4 is 14.8 Å². The van der Waals surface area contributed by atoms with Gasteiger partial charge in [0, 0.05) is 12.5 Å². The zero-order valence-electron chi connectivity index (χ0n) is 14.0. The van der Waals surface area contributed by atoms with Crippen LogP contribution in [0.5, 0.6) is 11.5 Å². The van der Waals surface area contributed by atoms with Crippen LogP contribution in [0.1, 0.15) is 18.4 Å². The lowest BCUT2D eigenvalue weighted by Gasteiger charge is -2.08. The van der Waals surface area contributed by atoms with E-state index in [1.165, 1.54) is 6.07 Å². The molecule has 0 saturated heterocycles. The van der Waals surface area contributed by atoms with Crippen molar-refractivity contribution >= 4 is 17.4 Å². The molecule has 1 aromatic carbocycles. The Hall–Kier alpha value is -3.16. The lowest BCUT2D eigenvalue weighted by Crippen LogP contribution is -2.14. The molecular weight excluding hydrogens is 326 g/mol. The van der Waals surface area contributed by atoms with E-state index in [1.54, 1.807) is 38.3 Å². The fraction of sp³-hybridized carbons (Fsp3) is 0.294.